The third-order valence-corrected chi connectivity index (χ3v) is 6.83. The Balaban J connectivity index is 1.87. The number of aliphatic carboxylic acids is 1. The van der Waals surface area contributed by atoms with Crippen LogP contribution < -0.4 is 10.6 Å². The third-order valence-electron chi connectivity index (χ3n) is 6.83. The highest BCUT2D eigenvalue weighted by molar-refractivity contribution is 5.75. The van der Waals surface area contributed by atoms with Crippen LogP contribution in [-0.4, -0.2) is 33.4 Å². The fourth-order valence-electron chi connectivity index (χ4n) is 5.15. The molecule has 0 radical (unpaired) electrons. The van der Waals surface area contributed by atoms with E-state index in [9.17, 15) is 20.1 Å². The van der Waals surface area contributed by atoms with Crippen molar-refractivity contribution in [3.63, 3.8) is 0 Å². The standard InChI is InChI=1S/C26H34N2O4/c1-25(2,3)17-9-13(10-18(23(17)30)26(4,5)6)21-22-16(12-20(28-21)24(31)32)15-11-14(29)7-8-19(15)27-22/h7-11,16,20-22,27-30H,12H2,1-6H3,(H,31,32)/t16-,20+,21+,22+/m1/s1. The van der Waals surface area contributed by atoms with Crippen molar-refractivity contribution in [2.75, 3.05) is 5.32 Å². The summed E-state index contributed by atoms with van der Waals surface area (Å²) < 4.78 is 0. The number of fused-ring (bicyclic) bond motifs is 3. The number of hydrogen-bond donors (Lipinski definition) is 5. The monoisotopic (exact) mass is 438 g/mol. The first-order valence-electron chi connectivity index (χ1n) is 11.2. The Labute approximate surface area is 189 Å². The molecule has 2 aromatic rings. The molecule has 0 spiro atoms. The van der Waals surface area contributed by atoms with Crippen LogP contribution in [-0.2, 0) is 15.6 Å². The van der Waals surface area contributed by atoms with Crippen LogP contribution in [0.25, 0.3) is 0 Å². The summed E-state index contributed by atoms with van der Waals surface area (Å²) in [5.41, 5.74) is 3.99. The summed E-state index contributed by atoms with van der Waals surface area (Å²) in [5, 5.41) is 38.0. The number of piperidine rings is 1. The highest BCUT2D eigenvalue weighted by atomic mass is 16.4. The molecule has 2 aliphatic rings. The van der Waals surface area contributed by atoms with Gasteiger partial charge in [-0.3, -0.25) is 10.1 Å². The third kappa shape index (κ3) is 3.81. The lowest BCUT2D eigenvalue weighted by Crippen LogP contribution is -2.52. The zero-order valence-electron chi connectivity index (χ0n) is 19.7. The van der Waals surface area contributed by atoms with E-state index in [0.717, 1.165) is 27.9 Å². The van der Waals surface area contributed by atoms with E-state index in [4.69, 9.17) is 0 Å². The van der Waals surface area contributed by atoms with E-state index in [1.807, 2.05) is 18.2 Å². The molecule has 1 saturated heterocycles. The first-order chi connectivity index (χ1) is 14.8. The summed E-state index contributed by atoms with van der Waals surface area (Å²) in [7, 11) is 0. The second-order valence-electron chi connectivity index (χ2n) is 11.3. The Morgan fingerprint density at radius 2 is 1.56 bits per heavy atom. The van der Waals surface area contributed by atoms with Crippen molar-refractivity contribution in [1.82, 2.24) is 5.32 Å². The number of phenols is 2. The van der Waals surface area contributed by atoms with Crippen LogP contribution in [0.5, 0.6) is 11.5 Å². The van der Waals surface area contributed by atoms with Crippen molar-refractivity contribution in [2.24, 2.45) is 0 Å². The normalized spacial score (nSPS) is 25.1. The smallest absolute Gasteiger partial charge is 0.320 e. The molecular weight excluding hydrogens is 404 g/mol. The molecule has 2 aliphatic heterocycles. The maximum Gasteiger partial charge on any atom is 0.320 e. The first-order valence-corrected chi connectivity index (χ1v) is 11.2. The van der Waals surface area contributed by atoms with Gasteiger partial charge in [-0.1, -0.05) is 41.5 Å². The molecule has 4 rings (SSSR count). The minimum absolute atomic E-state index is 0.0468. The van der Waals surface area contributed by atoms with Crippen LogP contribution >= 0.6 is 0 Å². The summed E-state index contributed by atoms with van der Waals surface area (Å²) >= 11 is 0. The van der Waals surface area contributed by atoms with Crippen molar-refractivity contribution in [2.45, 2.75) is 82.8 Å². The number of nitrogens with one attached hydrogen (secondary N) is 2. The quantitative estimate of drug-likeness (QED) is 0.434. The van der Waals surface area contributed by atoms with Crippen LogP contribution in [0.15, 0.2) is 30.3 Å². The minimum Gasteiger partial charge on any atom is -0.508 e. The maximum atomic E-state index is 12.0. The zero-order valence-corrected chi connectivity index (χ0v) is 19.7. The Kier molecular flexibility index (Phi) is 5.20. The van der Waals surface area contributed by atoms with Gasteiger partial charge in [0.15, 0.2) is 0 Å². The second-order valence-corrected chi connectivity index (χ2v) is 11.3. The molecule has 1 fully saturated rings. The lowest BCUT2D eigenvalue weighted by molar-refractivity contribution is -0.140. The van der Waals surface area contributed by atoms with E-state index in [2.05, 4.69) is 52.2 Å². The summed E-state index contributed by atoms with van der Waals surface area (Å²) in [6, 6.07) is 8.24. The molecule has 0 aromatic heterocycles. The molecule has 5 N–H and O–H groups in total. The highest BCUT2D eigenvalue weighted by Gasteiger charge is 2.46. The average molecular weight is 439 g/mol. The Bertz CT molecular complexity index is 1030. The molecule has 0 bridgehead atoms. The molecule has 0 saturated carbocycles. The van der Waals surface area contributed by atoms with Crippen molar-refractivity contribution >= 4 is 11.7 Å². The molecule has 2 aromatic carbocycles. The fourth-order valence-corrected chi connectivity index (χ4v) is 5.15. The lowest BCUT2D eigenvalue weighted by Gasteiger charge is -2.40. The number of anilines is 1. The minimum atomic E-state index is -0.882. The predicted octanol–water partition coefficient (Wildman–Crippen LogP) is 4.76. The van der Waals surface area contributed by atoms with Gasteiger partial charge >= 0.3 is 5.97 Å². The van der Waals surface area contributed by atoms with Crippen LogP contribution in [0.4, 0.5) is 5.69 Å². The number of carboxylic acids is 1. The van der Waals surface area contributed by atoms with Crippen LogP contribution in [0.2, 0.25) is 0 Å². The van der Waals surface area contributed by atoms with Gasteiger partial charge in [-0.05, 0) is 69.8 Å². The van der Waals surface area contributed by atoms with Crippen LogP contribution in [0.1, 0.15) is 82.2 Å². The van der Waals surface area contributed by atoms with Gasteiger partial charge in [0.1, 0.15) is 17.5 Å². The fraction of sp³-hybridized carbons (Fsp3) is 0.500. The predicted molar refractivity (Wildman–Crippen MR) is 126 cm³/mol. The first kappa shape index (κ1) is 22.5. The molecule has 172 valence electrons. The van der Waals surface area contributed by atoms with Crippen molar-refractivity contribution in [3.05, 3.63) is 52.6 Å². The Hall–Kier alpha value is -2.73. The highest BCUT2D eigenvalue weighted by Crippen LogP contribution is 2.49. The number of rotatable bonds is 2. The number of carbonyl (C=O) groups is 1. The zero-order chi connectivity index (χ0) is 23.6. The van der Waals surface area contributed by atoms with E-state index in [1.54, 1.807) is 12.1 Å². The van der Waals surface area contributed by atoms with Gasteiger partial charge in [0.2, 0.25) is 0 Å². The largest absolute Gasteiger partial charge is 0.508 e. The van der Waals surface area contributed by atoms with Gasteiger partial charge < -0.3 is 20.6 Å². The number of aromatic hydroxyl groups is 2. The SMILES string of the molecule is CC(C)(C)c1cc([C@@H]2N[C@H](C(=O)O)C[C@@H]3c4cc(O)ccc4N[C@@H]32)cc(C(C)(C)C)c1O. The second kappa shape index (κ2) is 7.41. The number of benzene rings is 2. The van der Waals surface area contributed by atoms with E-state index < -0.39 is 12.0 Å². The summed E-state index contributed by atoms with van der Waals surface area (Å²) in [4.78, 5) is 12.0. The van der Waals surface area contributed by atoms with Gasteiger partial charge in [0.25, 0.3) is 0 Å². The van der Waals surface area contributed by atoms with Gasteiger partial charge in [-0.15, -0.1) is 0 Å². The molecule has 6 nitrogen and oxygen atoms in total. The Morgan fingerprint density at radius 1 is 0.969 bits per heavy atom. The van der Waals surface area contributed by atoms with Crippen molar-refractivity contribution < 1.29 is 20.1 Å². The lowest BCUT2D eigenvalue weighted by atomic mass is 9.74. The topological polar surface area (TPSA) is 102 Å². The van der Waals surface area contributed by atoms with Crippen molar-refractivity contribution in [3.8, 4) is 11.5 Å². The number of carboxylic acid groups (broad SMARTS) is 1. The number of phenolic OH excluding ortho intramolecular Hbond substituents is 2. The Morgan fingerprint density at radius 3 is 2.09 bits per heavy atom. The molecule has 0 amide bonds. The molecule has 32 heavy (non-hydrogen) atoms. The number of hydrogen-bond acceptors (Lipinski definition) is 5. The summed E-state index contributed by atoms with van der Waals surface area (Å²) in [6.07, 6.45) is 0.441. The average Bonchev–Trinajstić information content (AvgIpc) is 3.03. The summed E-state index contributed by atoms with van der Waals surface area (Å²) in [5.74, 6) is -0.436. The van der Waals surface area contributed by atoms with Gasteiger partial charge in [-0.25, -0.2) is 0 Å². The molecule has 0 unspecified atom stereocenters. The molecule has 6 heteroatoms. The van der Waals surface area contributed by atoms with E-state index in [-0.39, 0.29) is 34.6 Å². The van der Waals surface area contributed by atoms with E-state index in [0.29, 0.717) is 12.2 Å². The van der Waals surface area contributed by atoms with Crippen LogP contribution in [0.3, 0.4) is 0 Å². The van der Waals surface area contributed by atoms with Gasteiger partial charge in [-0.2, -0.15) is 0 Å². The maximum absolute atomic E-state index is 12.0. The van der Waals surface area contributed by atoms with Crippen molar-refractivity contribution in [1.29, 1.82) is 0 Å². The molecular formula is C26H34N2O4. The van der Waals surface area contributed by atoms with Crippen LogP contribution in [0, 0.1) is 0 Å². The van der Waals surface area contributed by atoms with Gasteiger partial charge in [0, 0.05) is 11.6 Å². The molecule has 2 heterocycles. The molecule has 0 aliphatic carbocycles. The molecule has 4 atom stereocenters. The van der Waals surface area contributed by atoms with E-state index >= 15 is 0 Å². The van der Waals surface area contributed by atoms with Gasteiger partial charge in [0.05, 0.1) is 12.1 Å². The van der Waals surface area contributed by atoms with E-state index in [1.165, 1.54) is 0 Å². The summed E-state index contributed by atoms with van der Waals surface area (Å²) in [6.45, 7) is 12.4.